The van der Waals surface area contributed by atoms with Crippen molar-refractivity contribution in [2.75, 3.05) is 11.9 Å². The van der Waals surface area contributed by atoms with Crippen LogP contribution in [0.5, 0.6) is 5.88 Å². The summed E-state index contributed by atoms with van der Waals surface area (Å²) >= 11 is 0. The summed E-state index contributed by atoms with van der Waals surface area (Å²) in [5.74, 6) is 1.37. The largest absolute Gasteiger partial charge is 0.476 e. The summed E-state index contributed by atoms with van der Waals surface area (Å²) in [5.41, 5.74) is 2.43. The lowest BCUT2D eigenvalue weighted by molar-refractivity contribution is 0.0996. The maximum Gasteiger partial charge on any atom is 0.291 e. The molecule has 1 N–H and O–H groups in total. The van der Waals surface area contributed by atoms with Crippen LogP contribution in [0.25, 0.3) is 10.9 Å². The molecule has 0 atom stereocenters. The number of hydrogen-bond acceptors (Lipinski definition) is 4. The van der Waals surface area contributed by atoms with Gasteiger partial charge in [-0.25, -0.2) is 0 Å². The Morgan fingerprint density at radius 2 is 2.15 bits per heavy atom. The number of furan rings is 1. The van der Waals surface area contributed by atoms with E-state index in [2.05, 4.69) is 10.4 Å². The van der Waals surface area contributed by atoms with Crippen LogP contribution in [-0.2, 0) is 7.05 Å². The zero-order valence-electron chi connectivity index (χ0n) is 15.1. The van der Waals surface area contributed by atoms with Crippen molar-refractivity contribution in [1.82, 2.24) is 9.78 Å². The fourth-order valence-corrected chi connectivity index (χ4v) is 3.58. The van der Waals surface area contributed by atoms with Crippen molar-refractivity contribution >= 4 is 22.5 Å². The number of carbonyl (C=O) groups excluding carboxylic acids is 1. The predicted octanol–water partition coefficient (Wildman–Crippen LogP) is 4.30. The van der Waals surface area contributed by atoms with Gasteiger partial charge in [-0.05, 0) is 49.9 Å². The number of carbonyl (C=O) groups is 1. The minimum Gasteiger partial charge on any atom is -0.476 e. The number of amides is 1. The number of nitrogens with one attached hydrogen (secondary N) is 1. The molecule has 3 aromatic rings. The summed E-state index contributed by atoms with van der Waals surface area (Å²) in [6.07, 6.45) is 6.60. The maximum atomic E-state index is 12.3. The Hall–Kier alpha value is -2.76. The first-order valence-corrected chi connectivity index (χ1v) is 9.07. The van der Waals surface area contributed by atoms with Crippen LogP contribution in [0.2, 0.25) is 0 Å². The van der Waals surface area contributed by atoms with Gasteiger partial charge in [-0.2, -0.15) is 0 Å². The molecular weight excluding hydrogens is 330 g/mol. The lowest BCUT2D eigenvalue weighted by Gasteiger charge is -2.09. The third-order valence-electron chi connectivity index (χ3n) is 5.07. The Morgan fingerprint density at radius 1 is 1.35 bits per heavy atom. The molecule has 6 heteroatoms. The third kappa shape index (κ3) is 3.19. The van der Waals surface area contributed by atoms with Crippen LogP contribution in [0.1, 0.15) is 41.8 Å². The van der Waals surface area contributed by atoms with E-state index in [-0.39, 0.29) is 5.91 Å². The number of ether oxygens (including phenoxy) is 1. The van der Waals surface area contributed by atoms with Crippen LogP contribution < -0.4 is 10.1 Å². The van der Waals surface area contributed by atoms with Gasteiger partial charge in [0, 0.05) is 18.3 Å². The average Bonchev–Trinajstić information content (AvgIpc) is 3.35. The normalized spacial score (nSPS) is 14.8. The SMILES string of the molecule is Cc1ccoc1C(=O)Nc1ccc2c(OCC3CCCC3)nn(C)c2c1. The minimum atomic E-state index is -0.258. The van der Waals surface area contributed by atoms with E-state index in [9.17, 15) is 4.79 Å². The number of hydrogen-bond donors (Lipinski definition) is 1. The molecule has 0 aliphatic heterocycles. The zero-order chi connectivity index (χ0) is 18.1. The molecule has 1 fully saturated rings. The summed E-state index contributed by atoms with van der Waals surface area (Å²) in [7, 11) is 1.88. The van der Waals surface area contributed by atoms with Gasteiger partial charge in [0.2, 0.25) is 5.88 Å². The molecule has 1 aliphatic rings. The van der Waals surface area contributed by atoms with Crippen molar-refractivity contribution in [1.29, 1.82) is 0 Å². The summed E-state index contributed by atoms with van der Waals surface area (Å²) in [6.45, 7) is 2.57. The molecule has 1 aliphatic carbocycles. The second-order valence-corrected chi connectivity index (χ2v) is 7.01. The standard InChI is InChI=1S/C20H23N3O3/c1-13-9-10-25-18(13)19(24)21-15-7-8-16-17(11-15)23(2)22-20(16)26-12-14-5-3-4-6-14/h7-11,14H,3-6,12H2,1-2H3,(H,21,24). The lowest BCUT2D eigenvalue weighted by Crippen LogP contribution is -2.12. The molecule has 26 heavy (non-hydrogen) atoms. The van der Waals surface area contributed by atoms with Gasteiger partial charge in [-0.1, -0.05) is 12.8 Å². The first-order valence-electron chi connectivity index (χ1n) is 9.07. The molecule has 2 heterocycles. The van der Waals surface area contributed by atoms with E-state index in [0.717, 1.165) is 23.1 Å². The van der Waals surface area contributed by atoms with Crippen molar-refractivity contribution in [2.45, 2.75) is 32.6 Å². The van der Waals surface area contributed by atoms with Gasteiger partial charge in [0.05, 0.1) is 23.8 Å². The Morgan fingerprint density at radius 3 is 2.88 bits per heavy atom. The molecule has 6 nitrogen and oxygen atoms in total. The van der Waals surface area contributed by atoms with E-state index in [0.29, 0.717) is 23.2 Å². The summed E-state index contributed by atoms with van der Waals surface area (Å²) in [5, 5.41) is 8.33. The van der Waals surface area contributed by atoms with Crippen LogP contribution in [0.4, 0.5) is 5.69 Å². The van der Waals surface area contributed by atoms with E-state index in [1.807, 2.05) is 32.2 Å². The Kier molecular flexibility index (Phi) is 4.41. The quantitative estimate of drug-likeness (QED) is 0.743. The fraction of sp³-hybridized carbons (Fsp3) is 0.400. The first-order chi connectivity index (χ1) is 12.6. The van der Waals surface area contributed by atoms with Crippen LogP contribution in [0.15, 0.2) is 34.9 Å². The molecule has 0 spiro atoms. The monoisotopic (exact) mass is 353 g/mol. The van der Waals surface area contributed by atoms with Crippen LogP contribution in [-0.4, -0.2) is 22.3 Å². The summed E-state index contributed by atoms with van der Waals surface area (Å²) in [6, 6.07) is 7.48. The second kappa shape index (κ2) is 6.86. The molecule has 0 radical (unpaired) electrons. The van der Waals surface area contributed by atoms with Gasteiger partial charge in [0.25, 0.3) is 5.91 Å². The first kappa shape index (κ1) is 16.7. The van der Waals surface area contributed by atoms with E-state index < -0.39 is 0 Å². The van der Waals surface area contributed by atoms with E-state index in [1.165, 1.54) is 31.9 Å². The number of aromatic nitrogens is 2. The molecule has 136 valence electrons. The number of fused-ring (bicyclic) bond motifs is 1. The maximum absolute atomic E-state index is 12.3. The molecule has 2 aromatic heterocycles. The Bertz CT molecular complexity index is 935. The van der Waals surface area contributed by atoms with Gasteiger partial charge in [0.15, 0.2) is 5.76 Å². The van der Waals surface area contributed by atoms with Crippen molar-refractivity contribution in [2.24, 2.45) is 13.0 Å². The average molecular weight is 353 g/mol. The molecule has 1 saturated carbocycles. The van der Waals surface area contributed by atoms with E-state index in [4.69, 9.17) is 9.15 Å². The van der Waals surface area contributed by atoms with Crippen LogP contribution in [0.3, 0.4) is 0 Å². The second-order valence-electron chi connectivity index (χ2n) is 7.01. The topological polar surface area (TPSA) is 69.3 Å². The molecular formula is C20H23N3O3. The van der Waals surface area contributed by atoms with Gasteiger partial charge in [-0.15, -0.1) is 5.10 Å². The number of rotatable bonds is 5. The number of aryl methyl sites for hydroxylation is 2. The molecule has 0 bridgehead atoms. The molecule has 4 rings (SSSR count). The van der Waals surface area contributed by atoms with Gasteiger partial charge < -0.3 is 14.5 Å². The van der Waals surface area contributed by atoms with Crippen molar-refractivity contribution in [3.8, 4) is 5.88 Å². The molecule has 1 amide bonds. The van der Waals surface area contributed by atoms with Crippen LogP contribution in [0, 0.1) is 12.8 Å². The molecule has 0 unspecified atom stereocenters. The molecule has 0 saturated heterocycles. The number of nitrogens with zero attached hydrogens (tertiary/aromatic N) is 2. The van der Waals surface area contributed by atoms with E-state index in [1.54, 1.807) is 10.7 Å². The highest BCUT2D eigenvalue weighted by atomic mass is 16.5. The van der Waals surface area contributed by atoms with Gasteiger partial charge in [0.1, 0.15) is 0 Å². The molecule has 1 aromatic carbocycles. The summed E-state index contributed by atoms with van der Waals surface area (Å²) < 4.78 is 13.0. The summed E-state index contributed by atoms with van der Waals surface area (Å²) in [4.78, 5) is 12.3. The minimum absolute atomic E-state index is 0.258. The number of benzene rings is 1. The van der Waals surface area contributed by atoms with Crippen molar-refractivity contribution in [3.05, 3.63) is 41.9 Å². The van der Waals surface area contributed by atoms with Crippen molar-refractivity contribution in [3.63, 3.8) is 0 Å². The zero-order valence-corrected chi connectivity index (χ0v) is 15.1. The smallest absolute Gasteiger partial charge is 0.291 e. The predicted molar refractivity (Wildman–Crippen MR) is 99.6 cm³/mol. The fourth-order valence-electron chi connectivity index (χ4n) is 3.58. The van der Waals surface area contributed by atoms with Crippen LogP contribution >= 0.6 is 0 Å². The van der Waals surface area contributed by atoms with Crippen molar-refractivity contribution < 1.29 is 13.9 Å². The third-order valence-corrected chi connectivity index (χ3v) is 5.07. The lowest BCUT2D eigenvalue weighted by atomic mass is 10.1. The highest BCUT2D eigenvalue weighted by Gasteiger charge is 2.18. The highest BCUT2D eigenvalue weighted by molar-refractivity contribution is 6.04. The Balaban J connectivity index is 1.52. The highest BCUT2D eigenvalue weighted by Crippen LogP contribution is 2.30. The van der Waals surface area contributed by atoms with Gasteiger partial charge in [-0.3, -0.25) is 9.48 Å². The van der Waals surface area contributed by atoms with E-state index >= 15 is 0 Å². The number of anilines is 1. The Labute approximate surface area is 152 Å². The van der Waals surface area contributed by atoms with Gasteiger partial charge >= 0.3 is 0 Å².